The van der Waals surface area contributed by atoms with E-state index in [9.17, 15) is 9.59 Å². The molecule has 4 nitrogen and oxygen atoms in total. The molecule has 1 aliphatic rings. The second kappa shape index (κ2) is 6.18. The maximum Gasteiger partial charge on any atom is 0.245 e. The lowest BCUT2D eigenvalue weighted by Crippen LogP contribution is -2.48. The Kier molecular flexibility index (Phi) is 4.71. The number of aryl methyl sites for hydroxylation is 2. The molecule has 2 atom stereocenters. The van der Waals surface area contributed by atoms with Crippen molar-refractivity contribution in [2.75, 3.05) is 6.54 Å². The topological polar surface area (TPSA) is 49.4 Å². The van der Waals surface area contributed by atoms with Gasteiger partial charge in [0, 0.05) is 22.7 Å². The lowest BCUT2D eigenvalue weighted by molar-refractivity contribution is -0.136. The molecule has 0 aromatic carbocycles. The smallest absolute Gasteiger partial charge is 0.245 e. The maximum absolute atomic E-state index is 12.8. The molecule has 1 saturated heterocycles. The summed E-state index contributed by atoms with van der Waals surface area (Å²) in [6.45, 7) is 10.7. The van der Waals surface area contributed by atoms with Crippen molar-refractivity contribution in [3.8, 4) is 0 Å². The van der Waals surface area contributed by atoms with Crippen LogP contribution in [0, 0.1) is 19.8 Å². The van der Waals surface area contributed by atoms with Gasteiger partial charge in [0.2, 0.25) is 11.8 Å². The lowest BCUT2D eigenvalue weighted by atomic mass is 10.0. The fourth-order valence-electron chi connectivity index (χ4n) is 2.89. The first kappa shape index (κ1) is 16.0. The molecule has 1 aromatic rings. The third-order valence-electron chi connectivity index (χ3n) is 4.11. The van der Waals surface area contributed by atoms with Gasteiger partial charge in [-0.2, -0.15) is 0 Å². The van der Waals surface area contributed by atoms with E-state index in [0.717, 1.165) is 0 Å². The van der Waals surface area contributed by atoms with E-state index >= 15 is 0 Å². The van der Waals surface area contributed by atoms with Gasteiger partial charge in [-0.25, -0.2) is 0 Å². The minimum Gasteiger partial charge on any atom is -0.344 e. The normalized spacial score (nSPS) is 21.4. The molecule has 1 aromatic heterocycles. The zero-order valence-electron chi connectivity index (χ0n) is 13.4. The van der Waals surface area contributed by atoms with Crippen LogP contribution in [0.2, 0.25) is 0 Å². The number of thiophene rings is 1. The number of hydrogen-bond donors (Lipinski definition) is 1. The Bertz CT molecular complexity index is 550. The van der Waals surface area contributed by atoms with Gasteiger partial charge in [0.15, 0.2) is 0 Å². The molecular formula is C16H24N2O2S. The highest BCUT2D eigenvalue weighted by molar-refractivity contribution is 7.12. The summed E-state index contributed by atoms with van der Waals surface area (Å²) in [6.07, 6.45) is 0.376. The summed E-state index contributed by atoms with van der Waals surface area (Å²) < 4.78 is 0. The van der Waals surface area contributed by atoms with E-state index in [-0.39, 0.29) is 23.8 Å². The number of nitrogens with one attached hydrogen (secondary N) is 1. The summed E-state index contributed by atoms with van der Waals surface area (Å²) in [4.78, 5) is 29.0. The van der Waals surface area contributed by atoms with Crippen LogP contribution in [0.1, 0.15) is 48.6 Å². The molecule has 0 radical (unpaired) electrons. The molecule has 2 amide bonds. The van der Waals surface area contributed by atoms with Gasteiger partial charge in [-0.15, -0.1) is 11.3 Å². The first-order chi connectivity index (χ1) is 9.81. The number of hydrogen-bond acceptors (Lipinski definition) is 3. The third-order valence-corrected chi connectivity index (χ3v) is 5.09. The minimum absolute atomic E-state index is 0.0106. The molecule has 1 aliphatic heterocycles. The molecular weight excluding hydrogens is 284 g/mol. The van der Waals surface area contributed by atoms with E-state index in [0.29, 0.717) is 13.0 Å². The SMILES string of the molecule is Cc1cc(C(C)N2CCC(=O)NC(C(C)C)C2=O)c(C)s1. The number of carbonyl (C=O) groups is 2. The lowest BCUT2D eigenvalue weighted by Gasteiger charge is -2.31. The second-order valence-corrected chi connectivity index (χ2v) is 7.58. The average molecular weight is 308 g/mol. The Labute approximate surface area is 130 Å². The first-order valence-electron chi connectivity index (χ1n) is 7.48. The van der Waals surface area contributed by atoms with Crippen molar-refractivity contribution in [1.29, 1.82) is 0 Å². The summed E-state index contributed by atoms with van der Waals surface area (Å²) in [6, 6.07) is 1.75. The molecule has 0 bridgehead atoms. The number of rotatable bonds is 3. The Balaban J connectivity index is 2.30. The Morgan fingerprint density at radius 3 is 2.48 bits per heavy atom. The Hall–Kier alpha value is -1.36. The third kappa shape index (κ3) is 3.28. The van der Waals surface area contributed by atoms with Gasteiger partial charge in [0.05, 0.1) is 6.04 Å². The van der Waals surface area contributed by atoms with Crippen molar-refractivity contribution in [3.05, 3.63) is 21.4 Å². The summed E-state index contributed by atoms with van der Waals surface area (Å²) in [5.41, 5.74) is 1.20. The van der Waals surface area contributed by atoms with Gasteiger partial charge < -0.3 is 10.2 Å². The monoisotopic (exact) mass is 308 g/mol. The van der Waals surface area contributed by atoms with Crippen molar-refractivity contribution in [1.82, 2.24) is 10.2 Å². The van der Waals surface area contributed by atoms with Crippen molar-refractivity contribution >= 4 is 23.2 Å². The van der Waals surface area contributed by atoms with Gasteiger partial charge in [0.25, 0.3) is 0 Å². The molecule has 2 unspecified atom stereocenters. The number of carbonyl (C=O) groups excluding carboxylic acids is 2. The van der Waals surface area contributed by atoms with Gasteiger partial charge >= 0.3 is 0 Å². The summed E-state index contributed by atoms with van der Waals surface area (Å²) in [7, 11) is 0. The summed E-state index contributed by atoms with van der Waals surface area (Å²) >= 11 is 1.76. The van der Waals surface area contributed by atoms with Gasteiger partial charge in [0.1, 0.15) is 6.04 Å². The van der Waals surface area contributed by atoms with Gasteiger partial charge in [-0.05, 0) is 38.3 Å². The molecule has 1 fully saturated rings. The van der Waals surface area contributed by atoms with Crippen molar-refractivity contribution in [2.45, 2.75) is 53.1 Å². The van der Waals surface area contributed by atoms with Crippen LogP contribution in [0.5, 0.6) is 0 Å². The van der Waals surface area contributed by atoms with Crippen LogP contribution in [0.15, 0.2) is 6.07 Å². The molecule has 0 aliphatic carbocycles. The molecule has 2 rings (SSSR count). The zero-order valence-corrected chi connectivity index (χ0v) is 14.2. The predicted octanol–water partition coefficient (Wildman–Crippen LogP) is 2.80. The Morgan fingerprint density at radius 1 is 1.29 bits per heavy atom. The van der Waals surface area contributed by atoms with Crippen LogP contribution in [-0.4, -0.2) is 29.3 Å². The standard InChI is InChI=1S/C16H24N2O2S/c1-9(2)15-16(20)18(7-6-14(19)17-15)11(4)13-8-10(3)21-12(13)5/h8-9,11,15H,6-7H2,1-5H3,(H,17,19). The molecule has 2 heterocycles. The van der Waals surface area contributed by atoms with E-state index in [1.165, 1.54) is 15.3 Å². The second-order valence-electron chi connectivity index (χ2n) is 6.12. The van der Waals surface area contributed by atoms with Crippen LogP contribution >= 0.6 is 11.3 Å². The van der Waals surface area contributed by atoms with Crippen molar-refractivity contribution in [3.63, 3.8) is 0 Å². The molecule has 116 valence electrons. The number of nitrogens with zero attached hydrogens (tertiary/aromatic N) is 1. The summed E-state index contributed by atoms with van der Waals surface area (Å²) in [5, 5.41) is 2.86. The molecule has 0 spiro atoms. The van der Waals surface area contributed by atoms with E-state index in [4.69, 9.17) is 0 Å². The highest BCUT2D eigenvalue weighted by Crippen LogP contribution is 2.31. The highest BCUT2D eigenvalue weighted by atomic mass is 32.1. The largest absolute Gasteiger partial charge is 0.344 e. The fourth-order valence-corrected chi connectivity index (χ4v) is 3.90. The average Bonchev–Trinajstić information content (AvgIpc) is 2.65. The maximum atomic E-state index is 12.8. The van der Waals surface area contributed by atoms with Crippen molar-refractivity contribution < 1.29 is 9.59 Å². The van der Waals surface area contributed by atoms with E-state index in [1.54, 1.807) is 11.3 Å². The van der Waals surface area contributed by atoms with Crippen LogP contribution < -0.4 is 5.32 Å². The fraction of sp³-hybridized carbons (Fsp3) is 0.625. The molecule has 5 heteroatoms. The molecule has 0 saturated carbocycles. The van der Waals surface area contributed by atoms with Crippen molar-refractivity contribution in [2.24, 2.45) is 5.92 Å². The van der Waals surface area contributed by atoms with Crippen LogP contribution in [-0.2, 0) is 9.59 Å². The van der Waals surface area contributed by atoms with E-state index in [2.05, 4.69) is 32.2 Å². The molecule has 21 heavy (non-hydrogen) atoms. The van der Waals surface area contributed by atoms with Crippen LogP contribution in [0.25, 0.3) is 0 Å². The van der Waals surface area contributed by atoms with E-state index < -0.39 is 6.04 Å². The van der Waals surface area contributed by atoms with Gasteiger partial charge in [-0.3, -0.25) is 9.59 Å². The van der Waals surface area contributed by atoms with Gasteiger partial charge in [-0.1, -0.05) is 13.8 Å². The number of amides is 2. The quantitative estimate of drug-likeness (QED) is 0.933. The highest BCUT2D eigenvalue weighted by Gasteiger charge is 2.35. The zero-order chi connectivity index (χ0) is 15.7. The van der Waals surface area contributed by atoms with E-state index in [1.807, 2.05) is 18.7 Å². The van der Waals surface area contributed by atoms with Crippen LogP contribution in [0.4, 0.5) is 0 Å². The first-order valence-corrected chi connectivity index (χ1v) is 8.29. The molecule has 1 N–H and O–H groups in total. The summed E-state index contributed by atoms with van der Waals surface area (Å²) in [5.74, 6) is 0.0983. The van der Waals surface area contributed by atoms with Crippen LogP contribution in [0.3, 0.4) is 0 Å². The predicted molar refractivity (Wildman–Crippen MR) is 85.3 cm³/mol. The minimum atomic E-state index is -0.414. The Morgan fingerprint density at radius 2 is 1.95 bits per heavy atom.